The van der Waals surface area contributed by atoms with Crippen LogP contribution in [0.4, 0.5) is 0 Å². The van der Waals surface area contributed by atoms with E-state index in [1.807, 2.05) is 31.2 Å². The van der Waals surface area contributed by atoms with Crippen LogP contribution in [-0.2, 0) is 15.6 Å². The molecular weight excluding hydrogens is 290 g/mol. The first-order chi connectivity index (χ1) is 7.43. The SMILES string of the molecule is CC(CN)CS(=O)(=O)Cc1ccc(Br)cc1. The predicted molar refractivity (Wildman–Crippen MR) is 69.9 cm³/mol. The summed E-state index contributed by atoms with van der Waals surface area (Å²) in [7, 11) is -3.05. The molecule has 1 aromatic rings. The highest BCUT2D eigenvalue weighted by molar-refractivity contribution is 9.10. The van der Waals surface area contributed by atoms with E-state index < -0.39 is 9.84 Å². The third-order valence-electron chi connectivity index (χ3n) is 2.24. The highest BCUT2D eigenvalue weighted by Gasteiger charge is 2.15. The predicted octanol–water partition coefficient (Wildman–Crippen LogP) is 1.96. The van der Waals surface area contributed by atoms with Gasteiger partial charge in [0.15, 0.2) is 9.84 Å². The van der Waals surface area contributed by atoms with Crippen LogP contribution in [0.1, 0.15) is 12.5 Å². The van der Waals surface area contributed by atoms with Crippen LogP contribution in [0.15, 0.2) is 28.7 Å². The van der Waals surface area contributed by atoms with Crippen molar-refractivity contribution in [1.82, 2.24) is 0 Å². The fourth-order valence-electron chi connectivity index (χ4n) is 1.40. The molecule has 1 atom stereocenters. The number of hydrogen-bond acceptors (Lipinski definition) is 3. The Kier molecular flexibility index (Phi) is 4.95. The fourth-order valence-corrected chi connectivity index (χ4v) is 3.48. The van der Waals surface area contributed by atoms with Crippen molar-refractivity contribution in [2.75, 3.05) is 12.3 Å². The molecule has 16 heavy (non-hydrogen) atoms. The summed E-state index contributed by atoms with van der Waals surface area (Å²) in [5.41, 5.74) is 6.23. The summed E-state index contributed by atoms with van der Waals surface area (Å²) in [6, 6.07) is 7.32. The third kappa shape index (κ3) is 4.63. The van der Waals surface area contributed by atoms with Crippen LogP contribution in [-0.4, -0.2) is 20.7 Å². The standard InChI is InChI=1S/C11H16BrNO2S/c1-9(6-13)7-16(14,15)8-10-2-4-11(12)5-3-10/h2-5,9H,6-8,13H2,1H3. The van der Waals surface area contributed by atoms with Crippen LogP contribution in [0, 0.1) is 5.92 Å². The van der Waals surface area contributed by atoms with E-state index in [0.29, 0.717) is 6.54 Å². The van der Waals surface area contributed by atoms with Crippen LogP contribution in [0.5, 0.6) is 0 Å². The highest BCUT2D eigenvalue weighted by atomic mass is 79.9. The number of hydrogen-bond donors (Lipinski definition) is 1. The zero-order valence-corrected chi connectivity index (χ0v) is 11.6. The minimum Gasteiger partial charge on any atom is -0.330 e. The molecule has 0 aromatic heterocycles. The molecule has 0 fully saturated rings. The summed E-state index contributed by atoms with van der Waals surface area (Å²) < 4.78 is 24.5. The van der Waals surface area contributed by atoms with Crippen molar-refractivity contribution < 1.29 is 8.42 Å². The van der Waals surface area contributed by atoms with E-state index in [0.717, 1.165) is 10.0 Å². The van der Waals surface area contributed by atoms with E-state index in [4.69, 9.17) is 5.73 Å². The average Bonchev–Trinajstić information content (AvgIpc) is 2.20. The first-order valence-electron chi connectivity index (χ1n) is 5.08. The Morgan fingerprint density at radius 1 is 1.31 bits per heavy atom. The molecular formula is C11H16BrNO2S. The second kappa shape index (κ2) is 5.80. The molecule has 3 nitrogen and oxygen atoms in total. The summed E-state index contributed by atoms with van der Waals surface area (Å²) in [4.78, 5) is 0. The second-order valence-corrected chi connectivity index (χ2v) is 7.05. The topological polar surface area (TPSA) is 60.2 Å². The van der Waals surface area contributed by atoms with Crippen LogP contribution < -0.4 is 5.73 Å². The molecule has 0 aliphatic carbocycles. The van der Waals surface area contributed by atoms with Crippen molar-refractivity contribution in [2.24, 2.45) is 11.7 Å². The average molecular weight is 306 g/mol. The Bertz CT molecular complexity index is 428. The Morgan fingerprint density at radius 3 is 2.38 bits per heavy atom. The molecule has 0 heterocycles. The van der Waals surface area contributed by atoms with Gasteiger partial charge in [0.25, 0.3) is 0 Å². The van der Waals surface area contributed by atoms with Gasteiger partial charge >= 0.3 is 0 Å². The minimum absolute atomic E-state index is 0.0143. The second-order valence-electron chi connectivity index (χ2n) is 4.02. The molecule has 1 unspecified atom stereocenters. The summed E-state index contributed by atoms with van der Waals surface area (Å²) in [6.45, 7) is 2.25. The van der Waals surface area contributed by atoms with Crippen LogP contribution in [0.3, 0.4) is 0 Å². The van der Waals surface area contributed by atoms with Gasteiger partial charge in [0.1, 0.15) is 0 Å². The maximum atomic E-state index is 11.8. The van der Waals surface area contributed by atoms with Gasteiger partial charge in [-0.05, 0) is 30.2 Å². The molecule has 90 valence electrons. The zero-order chi connectivity index (χ0) is 12.2. The van der Waals surface area contributed by atoms with Crippen LogP contribution in [0.25, 0.3) is 0 Å². The lowest BCUT2D eigenvalue weighted by Gasteiger charge is -2.09. The first kappa shape index (κ1) is 13.7. The number of benzene rings is 1. The zero-order valence-electron chi connectivity index (χ0n) is 9.19. The largest absolute Gasteiger partial charge is 0.330 e. The normalized spacial score (nSPS) is 13.7. The van der Waals surface area contributed by atoms with E-state index in [1.54, 1.807) is 0 Å². The van der Waals surface area contributed by atoms with Gasteiger partial charge in [0, 0.05) is 4.47 Å². The molecule has 0 saturated heterocycles. The van der Waals surface area contributed by atoms with Gasteiger partial charge in [0.2, 0.25) is 0 Å². The van der Waals surface area contributed by atoms with Crippen LogP contribution >= 0.6 is 15.9 Å². The van der Waals surface area contributed by atoms with Gasteiger partial charge < -0.3 is 5.73 Å². The maximum Gasteiger partial charge on any atom is 0.154 e. The lowest BCUT2D eigenvalue weighted by molar-refractivity contribution is 0.573. The van der Waals surface area contributed by atoms with Crippen molar-refractivity contribution in [3.05, 3.63) is 34.3 Å². The molecule has 1 rings (SSSR count). The number of nitrogens with two attached hydrogens (primary N) is 1. The first-order valence-corrected chi connectivity index (χ1v) is 7.69. The summed E-state index contributed by atoms with van der Waals surface area (Å²) in [5.74, 6) is 0.255. The van der Waals surface area contributed by atoms with Crippen molar-refractivity contribution >= 4 is 25.8 Å². The molecule has 0 aliphatic heterocycles. The molecule has 0 bridgehead atoms. The van der Waals surface area contributed by atoms with Crippen molar-refractivity contribution in [3.8, 4) is 0 Å². The smallest absolute Gasteiger partial charge is 0.154 e. The Labute approximate surface area is 105 Å². The van der Waals surface area contributed by atoms with Gasteiger partial charge in [-0.2, -0.15) is 0 Å². The van der Waals surface area contributed by atoms with Gasteiger partial charge in [-0.3, -0.25) is 0 Å². The molecule has 1 aromatic carbocycles. The molecule has 0 aliphatic rings. The lowest BCUT2D eigenvalue weighted by Crippen LogP contribution is -2.22. The third-order valence-corrected chi connectivity index (χ3v) is 4.62. The number of sulfone groups is 1. The summed E-state index contributed by atoms with van der Waals surface area (Å²) in [6.07, 6.45) is 0. The summed E-state index contributed by atoms with van der Waals surface area (Å²) in [5, 5.41) is 0. The van der Waals surface area contributed by atoms with E-state index >= 15 is 0 Å². The van der Waals surface area contributed by atoms with Gasteiger partial charge in [-0.15, -0.1) is 0 Å². The van der Waals surface area contributed by atoms with Crippen LogP contribution in [0.2, 0.25) is 0 Å². The lowest BCUT2D eigenvalue weighted by atomic mass is 10.2. The monoisotopic (exact) mass is 305 g/mol. The van der Waals surface area contributed by atoms with Gasteiger partial charge in [-0.1, -0.05) is 35.0 Å². The van der Waals surface area contributed by atoms with E-state index in [-0.39, 0.29) is 17.4 Å². The molecule has 2 N–H and O–H groups in total. The number of rotatable bonds is 5. The molecule has 5 heteroatoms. The summed E-state index contributed by atoms with van der Waals surface area (Å²) >= 11 is 3.31. The van der Waals surface area contributed by atoms with Crippen molar-refractivity contribution in [3.63, 3.8) is 0 Å². The quantitative estimate of drug-likeness (QED) is 0.904. The Hall–Kier alpha value is -0.390. The van der Waals surface area contributed by atoms with Gasteiger partial charge in [0.05, 0.1) is 11.5 Å². The molecule has 0 saturated carbocycles. The minimum atomic E-state index is -3.05. The van der Waals surface area contributed by atoms with E-state index in [2.05, 4.69) is 15.9 Å². The van der Waals surface area contributed by atoms with Crippen molar-refractivity contribution in [1.29, 1.82) is 0 Å². The Morgan fingerprint density at radius 2 is 1.88 bits per heavy atom. The van der Waals surface area contributed by atoms with E-state index in [1.165, 1.54) is 0 Å². The molecule has 0 spiro atoms. The van der Waals surface area contributed by atoms with Crippen molar-refractivity contribution in [2.45, 2.75) is 12.7 Å². The maximum absolute atomic E-state index is 11.8. The van der Waals surface area contributed by atoms with E-state index in [9.17, 15) is 8.42 Å². The van der Waals surface area contributed by atoms with Gasteiger partial charge in [-0.25, -0.2) is 8.42 Å². The molecule has 0 radical (unpaired) electrons. The fraction of sp³-hybridized carbons (Fsp3) is 0.455. The Balaban J connectivity index is 2.69. The highest BCUT2D eigenvalue weighted by Crippen LogP contribution is 2.14. The molecule has 0 amide bonds. The number of halogens is 1.